The molecule has 23 heavy (non-hydrogen) atoms. The summed E-state index contributed by atoms with van der Waals surface area (Å²) in [4.78, 5) is 13.6. The number of para-hydroxylation sites is 1. The molecule has 4 heteroatoms. The number of thioether (sulfide) groups is 1. The van der Waals surface area contributed by atoms with Crippen molar-refractivity contribution in [1.29, 1.82) is 0 Å². The Labute approximate surface area is 142 Å². The molecule has 0 radical (unpaired) electrons. The standard InChI is InChI=1S/C19H23NO2S/c1-5-15-10-11-18(14(2)12-15)22-13-16-8-6-7-9-17(16)20(3)19(21)23-4/h6-12H,5,13H2,1-4H3. The first kappa shape index (κ1) is 17.4. The molecule has 2 aromatic carbocycles. The molecule has 3 nitrogen and oxygen atoms in total. The maximum atomic E-state index is 11.9. The molecule has 0 fully saturated rings. The molecule has 0 saturated heterocycles. The second-order valence-electron chi connectivity index (χ2n) is 5.40. The Morgan fingerprint density at radius 2 is 1.96 bits per heavy atom. The summed E-state index contributed by atoms with van der Waals surface area (Å²) in [5.41, 5.74) is 4.32. The average Bonchev–Trinajstić information content (AvgIpc) is 2.59. The number of hydrogen-bond acceptors (Lipinski definition) is 3. The van der Waals surface area contributed by atoms with Crippen LogP contribution in [0, 0.1) is 6.92 Å². The van der Waals surface area contributed by atoms with Crippen LogP contribution in [0.15, 0.2) is 42.5 Å². The van der Waals surface area contributed by atoms with E-state index in [4.69, 9.17) is 4.74 Å². The van der Waals surface area contributed by atoms with E-state index in [9.17, 15) is 4.79 Å². The third kappa shape index (κ3) is 4.29. The van der Waals surface area contributed by atoms with Crippen LogP contribution in [0.25, 0.3) is 0 Å². The van der Waals surface area contributed by atoms with E-state index in [2.05, 4.69) is 26.0 Å². The first-order valence-electron chi connectivity index (χ1n) is 7.68. The van der Waals surface area contributed by atoms with Crippen molar-refractivity contribution in [3.05, 3.63) is 59.2 Å². The van der Waals surface area contributed by atoms with Gasteiger partial charge in [-0.3, -0.25) is 4.79 Å². The fraction of sp³-hybridized carbons (Fsp3) is 0.316. The van der Waals surface area contributed by atoms with Crippen LogP contribution in [-0.4, -0.2) is 18.5 Å². The molecule has 0 aromatic heterocycles. The molecule has 0 bridgehead atoms. The van der Waals surface area contributed by atoms with Gasteiger partial charge in [-0.25, -0.2) is 0 Å². The van der Waals surface area contributed by atoms with Crippen LogP contribution < -0.4 is 9.64 Å². The van der Waals surface area contributed by atoms with Crippen molar-refractivity contribution in [3.63, 3.8) is 0 Å². The molecule has 0 unspecified atom stereocenters. The minimum absolute atomic E-state index is 0.0147. The van der Waals surface area contributed by atoms with Gasteiger partial charge in [-0.2, -0.15) is 0 Å². The van der Waals surface area contributed by atoms with Crippen molar-refractivity contribution in [2.45, 2.75) is 26.9 Å². The van der Waals surface area contributed by atoms with Gasteiger partial charge in [0, 0.05) is 12.6 Å². The number of aryl methyl sites for hydroxylation is 2. The van der Waals surface area contributed by atoms with E-state index in [1.54, 1.807) is 18.2 Å². The Hall–Kier alpha value is -1.94. The molecule has 0 N–H and O–H groups in total. The zero-order valence-electron chi connectivity index (χ0n) is 14.1. The van der Waals surface area contributed by atoms with Crippen LogP contribution in [0.1, 0.15) is 23.6 Å². The van der Waals surface area contributed by atoms with E-state index in [0.717, 1.165) is 29.0 Å². The predicted molar refractivity (Wildman–Crippen MR) is 98.6 cm³/mol. The summed E-state index contributed by atoms with van der Waals surface area (Å²) in [5.74, 6) is 0.885. The number of hydrogen-bond donors (Lipinski definition) is 0. The second-order valence-corrected chi connectivity index (χ2v) is 6.16. The third-order valence-electron chi connectivity index (χ3n) is 3.83. The van der Waals surface area contributed by atoms with Gasteiger partial charge < -0.3 is 9.64 Å². The van der Waals surface area contributed by atoms with Gasteiger partial charge in [0.15, 0.2) is 0 Å². The van der Waals surface area contributed by atoms with E-state index in [1.807, 2.05) is 30.3 Å². The van der Waals surface area contributed by atoms with Crippen LogP contribution in [0.4, 0.5) is 10.5 Å². The first-order chi connectivity index (χ1) is 11.1. The number of carbonyl (C=O) groups excluding carboxylic acids is 1. The Kier molecular flexibility index (Phi) is 6.11. The van der Waals surface area contributed by atoms with Gasteiger partial charge in [0.05, 0.1) is 5.69 Å². The molecule has 0 saturated carbocycles. The molecular weight excluding hydrogens is 306 g/mol. The number of anilines is 1. The van der Waals surface area contributed by atoms with Gasteiger partial charge in [0.1, 0.15) is 12.4 Å². The van der Waals surface area contributed by atoms with E-state index in [-0.39, 0.29) is 5.24 Å². The highest BCUT2D eigenvalue weighted by molar-refractivity contribution is 8.13. The molecule has 122 valence electrons. The molecule has 1 amide bonds. The lowest BCUT2D eigenvalue weighted by Gasteiger charge is -2.20. The van der Waals surface area contributed by atoms with E-state index >= 15 is 0 Å². The number of ether oxygens (including phenoxy) is 1. The van der Waals surface area contributed by atoms with Gasteiger partial charge in [-0.15, -0.1) is 0 Å². The maximum Gasteiger partial charge on any atom is 0.285 e. The molecule has 2 rings (SSSR count). The Morgan fingerprint density at radius 1 is 1.22 bits per heavy atom. The van der Waals surface area contributed by atoms with Gasteiger partial charge >= 0.3 is 0 Å². The summed E-state index contributed by atoms with van der Waals surface area (Å²) in [6.45, 7) is 4.64. The summed E-state index contributed by atoms with van der Waals surface area (Å²) in [6, 6.07) is 14.1. The van der Waals surface area contributed by atoms with Crippen LogP contribution in [0.5, 0.6) is 5.75 Å². The monoisotopic (exact) mass is 329 g/mol. The zero-order valence-corrected chi connectivity index (χ0v) is 14.9. The molecule has 0 spiro atoms. The molecule has 0 aliphatic heterocycles. The third-order valence-corrected chi connectivity index (χ3v) is 4.46. The Balaban J connectivity index is 2.16. The number of rotatable bonds is 5. The van der Waals surface area contributed by atoms with Crippen LogP contribution >= 0.6 is 11.8 Å². The quantitative estimate of drug-likeness (QED) is 0.768. The number of amides is 1. The summed E-state index contributed by atoms with van der Waals surface area (Å²) in [6.07, 6.45) is 2.81. The first-order valence-corrected chi connectivity index (χ1v) is 8.91. The van der Waals surface area contributed by atoms with Crippen molar-refractivity contribution >= 4 is 22.7 Å². The number of nitrogens with zero attached hydrogens (tertiary/aromatic N) is 1. The van der Waals surface area contributed by atoms with Crippen molar-refractivity contribution < 1.29 is 9.53 Å². The molecule has 0 aliphatic carbocycles. The Morgan fingerprint density at radius 3 is 2.61 bits per heavy atom. The largest absolute Gasteiger partial charge is 0.489 e. The van der Waals surface area contributed by atoms with Crippen LogP contribution in [0.3, 0.4) is 0 Å². The van der Waals surface area contributed by atoms with E-state index < -0.39 is 0 Å². The fourth-order valence-electron chi connectivity index (χ4n) is 2.44. The molecule has 0 aliphatic rings. The van der Waals surface area contributed by atoms with Crippen molar-refractivity contribution in [2.75, 3.05) is 18.2 Å². The van der Waals surface area contributed by atoms with Crippen molar-refractivity contribution in [1.82, 2.24) is 0 Å². The lowest BCUT2D eigenvalue weighted by Crippen LogP contribution is -2.23. The summed E-state index contributed by atoms with van der Waals surface area (Å²) in [5, 5.41) is 0.0147. The minimum atomic E-state index is 0.0147. The van der Waals surface area contributed by atoms with Gasteiger partial charge in [0.25, 0.3) is 5.24 Å². The highest BCUT2D eigenvalue weighted by Gasteiger charge is 2.13. The van der Waals surface area contributed by atoms with Crippen LogP contribution in [-0.2, 0) is 13.0 Å². The molecule has 2 aromatic rings. The zero-order chi connectivity index (χ0) is 16.8. The predicted octanol–water partition coefficient (Wildman–Crippen LogP) is 5.06. The lowest BCUT2D eigenvalue weighted by atomic mass is 10.1. The fourth-order valence-corrected chi connectivity index (χ4v) is 2.82. The molecule has 0 heterocycles. The van der Waals surface area contributed by atoms with Gasteiger partial charge in [-0.05, 0) is 42.9 Å². The smallest absolute Gasteiger partial charge is 0.285 e. The summed E-state index contributed by atoms with van der Waals surface area (Å²) in [7, 11) is 1.79. The average molecular weight is 329 g/mol. The summed E-state index contributed by atoms with van der Waals surface area (Å²) >= 11 is 1.20. The van der Waals surface area contributed by atoms with E-state index in [1.165, 1.54) is 17.3 Å². The minimum Gasteiger partial charge on any atom is -0.489 e. The SMILES string of the molecule is CCc1ccc(OCc2ccccc2N(C)C(=O)SC)c(C)c1. The molecule has 0 atom stereocenters. The van der Waals surface area contributed by atoms with Crippen molar-refractivity contribution in [2.24, 2.45) is 0 Å². The Bertz CT molecular complexity index is 685. The van der Waals surface area contributed by atoms with Gasteiger partial charge in [-0.1, -0.05) is 49.0 Å². The topological polar surface area (TPSA) is 29.5 Å². The lowest BCUT2D eigenvalue weighted by molar-refractivity contribution is 0.266. The summed E-state index contributed by atoms with van der Waals surface area (Å²) < 4.78 is 5.98. The number of carbonyl (C=O) groups is 1. The maximum absolute atomic E-state index is 11.9. The normalized spacial score (nSPS) is 10.4. The second kappa shape index (κ2) is 8.06. The van der Waals surface area contributed by atoms with Crippen LogP contribution in [0.2, 0.25) is 0 Å². The number of benzene rings is 2. The molecular formula is C19H23NO2S. The highest BCUT2D eigenvalue weighted by atomic mass is 32.2. The van der Waals surface area contributed by atoms with Gasteiger partial charge in [0.2, 0.25) is 0 Å². The highest BCUT2D eigenvalue weighted by Crippen LogP contribution is 2.25. The van der Waals surface area contributed by atoms with Crippen molar-refractivity contribution in [3.8, 4) is 5.75 Å². The van der Waals surface area contributed by atoms with E-state index in [0.29, 0.717) is 6.61 Å².